The minimum atomic E-state index is -4.47. The van der Waals surface area contributed by atoms with Crippen LogP contribution in [0.2, 0.25) is 0 Å². The van der Waals surface area contributed by atoms with E-state index < -0.39 is 17.8 Å². The van der Waals surface area contributed by atoms with E-state index in [2.05, 4.69) is 36.1 Å². The molecule has 202 valence electrons. The number of hydrogen-bond acceptors (Lipinski definition) is 6. The molecular weight excluding hydrogens is 499 g/mol. The molecule has 2 saturated carbocycles. The van der Waals surface area contributed by atoms with Crippen LogP contribution in [0.4, 0.5) is 35.3 Å². The number of amides is 2. The molecule has 9 nitrogen and oxygen atoms in total. The summed E-state index contributed by atoms with van der Waals surface area (Å²) in [5.74, 6) is 1.83. The lowest BCUT2D eigenvalue weighted by atomic mass is 9.93. The van der Waals surface area contributed by atoms with Gasteiger partial charge in [0.2, 0.25) is 0 Å². The van der Waals surface area contributed by atoms with Crippen LogP contribution in [0, 0.1) is 0 Å². The van der Waals surface area contributed by atoms with Crippen molar-refractivity contribution in [3.8, 4) is 6.01 Å². The van der Waals surface area contributed by atoms with E-state index >= 15 is 0 Å². The van der Waals surface area contributed by atoms with Crippen LogP contribution in [-0.4, -0.2) is 38.3 Å². The Hall–Kier alpha value is -3.83. The van der Waals surface area contributed by atoms with Gasteiger partial charge in [-0.1, -0.05) is 18.9 Å². The molecule has 0 radical (unpaired) electrons. The summed E-state index contributed by atoms with van der Waals surface area (Å²) in [6.07, 6.45) is 4.62. The number of hydrogen-bond donors (Lipinski definition) is 4. The van der Waals surface area contributed by atoms with Crippen LogP contribution in [0.1, 0.15) is 68.5 Å². The normalized spacial score (nSPS) is 20.2. The Morgan fingerprint density at radius 2 is 1.79 bits per heavy atom. The number of rotatable bonds is 7. The number of aromatic amines is 1. The second-order valence-electron chi connectivity index (χ2n) is 9.81. The van der Waals surface area contributed by atoms with Crippen molar-refractivity contribution in [3.63, 3.8) is 0 Å². The summed E-state index contributed by atoms with van der Waals surface area (Å²) in [6.45, 7) is 0. The fourth-order valence-electron chi connectivity index (χ4n) is 5.04. The van der Waals surface area contributed by atoms with Crippen molar-refractivity contribution >= 4 is 23.4 Å². The third-order valence-electron chi connectivity index (χ3n) is 7.01. The third-order valence-corrected chi connectivity index (χ3v) is 7.01. The summed E-state index contributed by atoms with van der Waals surface area (Å²) < 4.78 is 44.7. The van der Waals surface area contributed by atoms with Gasteiger partial charge in [-0.05, 0) is 62.8 Å². The van der Waals surface area contributed by atoms with E-state index in [0.717, 1.165) is 17.8 Å². The summed E-state index contributed by atoms with van der Waals surface area (Å²) in [5, 5.41) is 16.0. The van der Waals surface area contributed by atoms with Gasteiger partial charge in [0.15, 0.2) is 5.82 Å². The molecule has 4 N–H and O–H groups in total. The van der Waals surface area contributed by atoms with E-state index in [9.17, 15) is 18.0 Å². The maximum absolute atomic E-state index is 12.9. The number of ether oxygens (including phenoxy) is 1. The molecule has 38 heavy (non-hydrogen) atoms. The number of aromatic nitrogens is 4. The number of alkyl halides is 3. The number of urea groups is 1. The van der Waals surface area contributed by atoms with Crippen molar-refractivity contribution in [2.45, 2.75) is 75.6 Å². The second kappa shape index (κ2) is 11.3. The van der Waals surface area contributed by atoms with E-state index in [0.29, 0.717) is 43.2 Å². The predicted molar refractivity (Wildman–Crippen MR) is 135 cm³/mol. The first-order valence-electron chi connectivity index (χ1n) is 12.9. The van der Waals surface area contributed by atoms with E-state index in [-0.39, 0.29) is 23.8 Å². The molecule has 0 spiro atoms. The molecule has 0 atom stereocenters. The number of anilines is 3. The van der Waals surface area contributed by atoms with E-state index in [1.165, 1.54) is 37.8 Å². The van der Waals surface area contributed by atoms with Crippen LogP contribution in [0.25, 0.3) is 0 Å². The van der Waals surface area contributed by atoms with Crippen molar-refractivity contribution in [3.05, 3.63) is 53.9 Å². The average Bonchev–Trinajstić information content (AvgIpc) is 3.58. The van der Waals surface area contributed by atoms with Gasteiger partial charge in [0.25, 0.3) is 0 Å². The first kappa shape index (κ1) is 25.8. The maximum atomic E-state index is 12.9. The van der Waals surface area contributed by atoms with E-state index in [1.807, 2.05) is 6.07 Å². The highest BCUT2D eigenvalue weighted by molar-refractivity contribution is 5.89. The number of carbonyl (C=O) groups is 1. The van der Waals surface area contributed by atoms with Gasteiger partial charge in [-0.2, -0.15) is 23.3 Å². The zero-order chi connectivity index (χ0) is 26.5. The molecule has 2 aliphatic rings. The predicted octanol–water partition coefficient (Wildman–Crippen LogP) is 6.13. The number of halogens is 3. The maximum Gasteiger partial charge on any atom is 0.416 e. The Balaban J connectivity index is 1.08. The van der Waals surface area contributed by atoms with Crippen LogP contribution in [0.5, 0.6) is 6.01 Å². The smallest absolute Gasteiger partial charge is 0.416 e. The third kappa shape index (κ3) is 6.73. The van der Waals surface area contributed by atoms with Gasteiger partial charge in [-0.25, -0.2) is 9.78 Å². The lowest BCUT2D eigenvalue weighted by Crippen LogP contribution is -2.41. The highest BCUT2D eigenvalue weighted by Gasteiger charge is 2.30. The van der Waals surface area contributed by atoms with Crippen molar-refractivity contribution in [2.75, 3.05) is 10.6 Å². The second-order valence-corrected chi connectivity index (χ2v) is 9.81. The van der Waals surface area contributed by atoms with Gasteiger partial charge in [-0.15, -0.1) is 0 Å². The van der Waals surface area contributed by atoms with Gasteiger partial charge in [-0.3, -0.25) is 5.10 Å². The summed E-state index contributed by atoms with van der Waals surface area (Å²) in [4.78, 5) is 21.0. The number of nitrogens with one attached hydrogen (secondary N) is 4. The lowest BCUT2D eigenvalue weighted by Gasteiger charge is -2.29. The van der Waals surface area contributed by atoms with Crippen molar-refractivity contribution in [1.82, 2.24) is 25.5 Å². The Labute approximate surface area is 218 Å². The molecular formula is C26H30F3N7O2. The summed E-state index contributed by atoms with van der Waals surface area (Å²) in [5.41, 5.74) is 0.418. The number of H-pyrrole nitrogens is 1. The molecule has 0 aliphatic heterocycles. The largest absolute Gasteiger partial charge is 0.460 e. The Morgan fingerprint density at radius 1 is 1.00 bits per heavy atom. The summed E-state index contributed by atoms with van der Waals surface area (Å²) >= 11 is 0. The highest BCUT2D eigenvalue weighted by Crippen LogP contribution is 2.34. The van der Waals surface area contributed by atoms with Crippen LogP contribution < -0.4 is 20.7 Å². The van der Waals surface area contributed by atoms with Crippen molar-refractivity contribution in [1.29, 1.82) is 0 Å². The first-order valence-corrected chi connectivity index (χ1v) is 12.9. The van der Waals surface area contributed by atoms with E-state index in [1.54, 1.807) is 12.3 Å². The van der Waals surface area contributed by atoms with Crippen LogP contribution in [0.15, 0.2) is 42.6 Å². The SMILES string of the molecule is O=C(Nc1cccc(C(F)(F)F)c1)N[C@H]1CC[C@H](Oc2nccc(Nc3cc(C4CCCC4)[nH]n3)n2)CC1. The molecule has 0 bridgehead atoms. The van der Waals surface area contributed by atoms with Gasteiger partial charge in [0, 0.05) is 35.6 Å². The molecule has 0 unspecified atom stereocenters. The zero-order valence-electron chi connectivity index (χ0n) is 20.7. The molecule has 2 aromatic heterocycles. The highest BCUT2D eigenvalue weighted by atomic mass is 19.4. The Bertz CT molecular complexity index is 1240. The molecule has 5 rings (SSSR count). The monoisotopic (exact) mass is 529 g/mol. The van der Waals surface area contributed by atoms with Crippen LogP contribution >= 0.6 is 0 Å². The zero-order valence-corrected chi connectivity index (χ0v) is 20.7. The quantitative estimate of drug-likeness (QED) is 0.293. The van der Waals surface area contributed by atoms with Gasteiger partial charge in [0.1, 0.15) is 11.9 Å². The molecule has 1 aromatic carbocycles. The van der Waals surface area contributed by atoms with Crippen LogP contribution in [-0.2, 0) is 6.18 Å². The van der Waals surface area contributed by atoms with Gasteiger partial charge >= 0.3 is 18.2 Å². The Kier molecular flexibility index (Phi) is 7.66. The molecule has 3 aromatic rings. The Morgan fingerprint density at radius 3 is 2.55 bits per heavy atom. The summed E-state index contributed by atoms with van der Waals surface area (Å²) in [6, 6.07) is 7.95. The lowest BCUT2D eigenvalue weighted by molar-refractivity contribution is -0.137. The van der Waals surface area contributed by atoms with E-state index in [4.69, 9.17) is 4.74 Å². The fourth-order valence-corrected chi connectivity index (χ4v) is 5.04. The standard InChI is InChI=1S/C26H30F3N7O2/c27-26(28,29)17-6-3-7-19(14-17)32-24(37)31-18-8-10-20(11-9-18)38-25-30-13-12-22(34-25)33-23-15-21(35-36-23)16-4-1-2-5-16/h3,6-7,12-16,18,20H,1-2,4-5,8-11H2,(H2,31,32,37)(H2,30,33,34,35,36)/t18-,20-. The number of nitrogens with zero attached hydrogens (tertiary/aromatic N) is 3. The molecule has 2 heterocycles. The van der Waals surface area contributed by atoms with Crippen molar-refractivity contribution < 1.29 is 22.7 Å². The van der Waals surface area contributed by atoms with Gasteiger partial charge in [0.05, 0.1) is 5.56 Å². The number of benzene rings is 1. The van der Waals surface area contributed by atoms with Crippen LogP contribution in [0.3, 0.4) is 0 Å². The first-order chi connectivity index (χ1) is 18.3. The fraction of sp³-hybridized carbons (Fsp3) is 0.462. The number of carbonyl (C=O) groups excluding carboxylic acids is 1. The molecule has 0 saturated heterocycles. The topological polar surface area (TPSA) is 117 Å². The molecule has 2 aliphatic carbocycles. The van der Waals surface area contributed by atoms with Gasteiger partial charge < -0.3 is 20.7 Å². The minimum Gasteiger partial charge on any atom is -0.460 e. The molecule has 2 fully saturated rings. The summed E-state index contributed by atoms with van der Waals surface area (Å²) in [7, 11) is 0. The average molecular weight is 530 g/mol. The van der Waals surface area contributed by atoms with Crippen molar-refractivity contribution in [2.24, 2.45) is 0 Å². The molecule has 12 heteroatoms. The molecule has 2 amide bonds. The minimum absolute atomic E-state index is 0.0876.